The summed E-state index contributed by atoms with van der Waals surface area (Å²) in [5.41, 5.74) is 2.36. The second-order valence-electron chi connectivity index (χ2n) is 8.17. The van der Waals surface area contributed by atoms with Crippen molar-refractivity contribution in [1.82, 2.24) is 20.0 Å². The third kappa shape index (κ3) is 5.45. The van der Waals surface area contributed by atoms with Gasteiger partial charge in [0.25, 0.3) is 0 Å². The first-order chi connectivity index (χ1) is 14.5. The van der Waals surface area contributed by atoms with E-state index in [4.69, 9.17) is 4.74 Å². The summed E-state index contributed by atoms with van der Waals surface area (Å²) >= 11 is 0. The van der Waals surface area contributed by atoms with Crippen molar-refractivity contribution in [2.24, 2.45) is 4.99 Å². The highest BCUT2D eigenvalue weighted by Gasteiger charge is 2.30. The van der Waals surface area contributed by atoms with E-state index in [-0.39, 0.29) is 11.9 Å². The van der Waals surface area contributed by atoms with E-state index in [2.05, 4.69) is 46.1 Å². The molecule has 0 bridgehead atoms. The standard InChI is InChI=1S/C23H37N5O2/c1-5-30-21-9-8-20(16-18(21)2)17-25-23(24-4)28-14-12-26(13-15-28)19(3)22(29)27-10-6-7-11-27/h8-9,16,19H,5-7,10-15,17H2,1-4H3,(H,24,25). The van der Waals surface area contributed by atoms with Gasteiger partial charge < -0.3 is 19.9 Å². The number of aliphatic imine (C=N–C) groups is 1. The number of guanidine groups is 1. The lowest BCUT2D eigenvalue weighted by Crippen LogP contribution is -2.57. The Hall–Kier alpha value is -2.28. The molecular formula is C23H37N5O2. The van der Waals surface area contributed by atoms with Crippen LogP contribution in [0.25, 0.3) is 0 Å². The number of nitrogens with one attached hydrogen (secondary N) is 1. The average molecular weight is 416 g/mol. The average Bonchev–Trinajstić information content (AvgIpc) is 3.30. The third-order valence-corrected chi connectivity index (χ3v) is 6.14. The van der Waals surface area contributed by atoms with Crippen molar-refractivity contribution in [3.8, 4) is 5.75 Å². The first-order valence-electron chi connectivity index (χ1n) is 11.2. The minimum atomic E-state index is -0.0351. The number of piperazine rings is 1. The van der Waals surface area contributed by atoms with Gasteiger partial charge in [-0.1, -0.05) is 12.1 Å². The topological polar surface area (TPSA) is 60.4 Å². The number of rotatable bonds is 6. The first-order valence-corrected chi connectivity index (χ1v) is 11.2. The molecule has 0 radical (unpaired) electrons. The van der Waals surface area contributed by atoms with Crippen molar-refractivity contribution >= 4 is 11.9 Å². The highest BCUT2D eigenvalue weighted by Crippen LogP contribution is 2.19. The van der Waals surface area contributed by atoms with Gasteiger partial charge in [-0.15, -0.1) is 0 Å². The molecule has 7 heteroatoms. The zero-order valence-electron chi connectivity index (χ0n) is 19.0. The van der Waals surface area contributed by atoms with Crippen LogP contribution >= 0.6 is 0 Å². The molecule has 0 aliphatic carbocycles. The van der Waals surface area contributed by atoms with E-state index in [0.29, 0.717) is 6.61 Å². The molecule has 1 amide bonds. The maximum atomic E-state index is 12.7. The van der Waals surface area contributed by atoms with Crippen LogP contribution in [0.15, 0.2) is 23.2 Å². The molecule has 7 nitrogen and oxygen atoms in total. The number of carbonyl (C=O) groups excluding carboxylic acids is 1. The highest BCUT2D eigenvalue weighted by molar-refractivity contribution is 5.82. The molecular weight excluding hydrogens is 378 g/mol. The Bertz CT molecular complexity index is 737. The fourth-order valence-electron chi connectivity index (χ4n) is 4.33. The van der Waals surface area contributed by atoms with Crippen LogP contribution in [0.4, 0.5) is 0 Å². The Morgan fingerprint density at radius 1 is 1.13 bits per heavy atom. The van der Waals surface area contributed by atoms with Gasteiger partial charge in [0.1, 0.15) is 5.75 Å². The summed E-state index contributed by atoms with van der Waals surface area (Å²) in [7, 11) is 1.83. The van der Waals surface area contributed by atoms with Gasteiger partial charge in [0.05, 0.1) is 12.6 Å². The summed E-state index contributed by atoms with van der Waals surface area (Å²) in [6.07, 6.45) is 2.28. The number of hydrogen-bond acceptors (Lipinski definition) is 4. The van der Waals surface area contributed by atoms with Crippen LogP contribution in [0.1, 0.15) is 37.8 Å². The van der Waals surface area contributed by atoms with Gasteiger partial charge in [-0.3, -0.25) is 14.7 Å². The molecule has 166 valence electrons. The number of likely N-dealkylation sites (tertiary alicyclic amines) is 1. The Morgan fingerprint density at radius 3 is 2.43 bits per heavy atom. The van der Waals surface area contributed by atoms with Crippen LogP contribution in [-0.4, -0.2) is 85.5 Å². The Balaban J connectivity index is 1.49. The minimum Gasteiger partial charge on any atom is -0.494 e. The fraction of sp³-hybridized carbons (Fsp3) is 0.652. The van der Waals surface area contributed by atoms with Crippen molar-refractivity contribution in [1.29, 1.82) is 0 Å². The SMILES string of the molecule is CCOc1ccc(CNC(=NC)N2CCN(C(C)C(=O)N3CCCC3)CC2)cc1C. The molecule has 2 saturated heterocycles. The van der Waals surface area contributed by atoms with E-state index in [0.717, 1.165) is 75.9 Å². The van der Waals surface area contributed by atoms with Crippen LogP contribution in [-0.2, 0) is 11.3 Å². The molecule has 1 atom stereocenters. The molecule has 2 aliphatic rings. The second kappa shape index (κ2) is 10.7. The van der Waals surface area contributed by atoms with E-state index in [9.17, 15) is 4.79 Å². The summed E-state index contributed by atoms with van der Waals surface area (Å²) in [6.45, 7) is 12.9. The number of amides is 1. The molecule has 2 heterocycles. The molecule has 0 spiro atoms. The van der Waals surface area contributed by atoms with Crippen LogP contribution in [0, 0.1) is 6.92 Å². The van der Waals surface area contributed by atoms with Gasteiger partial charge in [-0.05, 0) is 50.8 Å². The zero-order valence-corrected chi connectivity index (χ0v) is 19.0. The largest absolute Gasteiger partial charge is 0.494 e. The quantitative estimate of drug-likeness (QED) is 0.570. The normalized spacial score (nSPS) is 19.1. The zero-order chi connectivity index (χ0) is 21.5. The molecule has 30 heavy (non-hydrogen) atoms. The molecule has 0 aromatic heterocycles. The van der Waals surface area contributed by atoms with Crippen molar-refractivity contribution in [2.45, 2.75) is 46.2 Å². The van der Waals surface area contributed by atoms with Crippen LogP contribution in [0.3, 0.4) is 0 Å². The predicted molar refractivity (Wildman–Crippen MR) is 121 cm³/mol. The van der Waals surface area contributed by atoms with E-state index in [1.807, 2.05) is 24.9 Å². The monoisotopic (exact) mass is 415 g/mol. The first kappa shape index (κ1) is 22.4. The molecule has 1 N–H and O–H groups in total. The van der Waals surface area contributed by atoms with Gasteiger partial charge in [-0.2, -0.15) is 0 Å². The van der Waals surface area contributed by atoms with Gasteiger partial charge in [0, 0.05) is 52.9 Å². The summed E-state index contributed by atoms with van der Waals surface area (Å²) < 4.78 is 5.63. The fourth-order valence-corrected chi connectivity index (χ4v) is 4.33. The van der Waals surface area contributed by atoms with Crippen LogP contribution < -0.4 is 10.1 Å². The van der Waals surface area contributed by atoms with Crippen molar-refractivity contribution in [3.05, 3.63) is 29.3 Å². The Morgan fingerprint density at radius 2 is 1.83 bits per heavy atom. The maximum absolute atomic E-state index is 12.7. The van der Waals surface area contributed by atoms with Crippen LogP contribution in [0.2, 0.25) is 0 Å². The molecule has 2 aliphatic heterocycles. The number of hydrogen-bond donors (Lipinski definition) is 1. The summed E-state index contributed by atoms with van der Waals surface area (Å²) in [5, 5.41) is 3.49. The molecule has 3 rings (SSSR count). The summed E-state index contributed by atoms with van der Waals surface area (Å²) in [4.78, 5) is 23.8. The van der Waals surface area contributed by atoms with Crippen molar-refractivity contribution in [2.75, 3.05) is 52.9 Å². The number of benzene rings is 1. The van der Waals surface area contributed by atoms with E-state index in [1.54, 1.807) is 0 Å². The van der Waals surface area contributed by atoms with E-state index < -0.39 is 0 Å². The van der Waals surface area contributed by atoms with Crippen molar-refractivity contribution in [3.63, 3.8) is 0 Å². The van der Waals surface area contributed by atoms with Gasteiger partial charge in [0.2, 0.25) is 5.91 Å². The molecule has 1 unspecified atom stereocenters. The molecule has 2 fully saturated rings. The van der Waals surface area contributed by atoms with E-state index >= 15 is 0 Å². The highest BCUT2D eigenvalue weighted by atomic mass is 16.5. The summed E-state index contributed by atoms with van der Waals surface area (Å²) in [6, 6.07) is 6.26. The molecule has 0 saturated carbocycles. The second-order valence-corrected chi connectivity index (χ2v) is 8.17. The third-order valence-electron chi connectivity index (χ3n) is 6.14. The van der Waals surface area contributed by atoms with Gasteiger partial charge >= 0.3 is 0 Å². The Labute approximate surface area is 181 Å². The lowest BCUT2D eigenvalue weighted by atomic mass is 10.1. The Kier molecular flexibility index (Phi) is 7.96. The lowest BCUT2D eigenvalue weighted by molar-refractivity contribution is -0.135. The molecule has 1 aromatic carbocycles. The molecule has 1 aromatic rings. The smallest absolute Gasteiger partial charge is 0.239 e. The number of nitrogens with zero attached hydrogens (tertiary/aromatic N) is 4. The van der Waals surface area contributed by atoms with Gasteiger partial charge in [-0.25, -0.2) is 0 Å². The summed E-state index contributed by atoms with van der Waals surface area (Å²) in [5.74, 6) is 2.15. The predicted octanol–water partition coefficient (Wildman–Crippen LogP) is 2.10. The minimum absolute atomic E-state index is 0.0351. The van der Waals surface area contributed by atoms with E-state index in [1.165, 1.54) is 5.56 Å². The van der Waals surface area contributed by atoms with Crippen LogP contribution in [0.5, 0.6) is 5.75 Å². The number of ether oxygens (including phenoxy) is 1. The lowest BCUT2D eigenvalue weighted by Gasteiger charge is -2.39. The van der Waals surface area contributed by atoms with Gasteiger partial charge in [0.15, 0.2) is 5.96 Å². The number of carbonyl (C=O) groups is 1. The maximum Gasteiger partial charge on any atom is 0.239 e. The van der Waals surface area contributed by atoms with Crippen molar-refractivity contribution < 1.29 is 9.53 Å². The number of aryl methyl sites for hydroxylation is 1.